The molecule has 0 bridgehead atoms. The molecule has 0 spiro atoms. The van der Waals surface area contributed by atoms with Gasteiger partial charge in [-0.2, -0.15) is 5.10 Å². The zero-order valence-corrected chi connectivity index (χ0v) is 17.6. The lowest BCUT2D eigenvalue weighted by Crippen LogP contribution is -2.18. The number of amides is 1. The van der Waals surface area contributed by atoms with Crippen LogP contribution in [0.1, 0.15) is 47.7 Å². The number of carbonyl (C=O) groups is 1. The standard InChI is InChI=1S/C26H24N4O/c1-3-18(2)20-8-10-21(11-9-20)25-16-23(22-6-4-5-7-24(22)29-25)26(31)30-28-17-19-12-14-27-15-13-19/h4-18H,3H2,1-2H3,(H,30,31)/t18-/m1/s1. The fourth-order valence-electron chi connectivity index (χ4n) is 3.40. The molecule has 0 saturated heterocycles. The number of hydrogen-bond acceptors (Lipinski definition) is 4. The van der Waals surface area contributed by atoms with Gasteiger partial charge in [-0.1, -0.05) is 56.3 Å². The molecule has 0 aliphatic heterocycles. The molecule has 0 saturated carbocycles. The van der Waals surface area contributed by atoms with E-state index in [1.54, 1.807) is 18.6 Å². The summed E-state index contributed by atoms with van der Waals surface area (Å²) in [6.07, 6.45) is 6.05. The summed E-state index contributed by atoms with van der Waals surface area (Å²) in [6, 6.07) is 21.5. The molecule has 4 rings (SSSR count). The third-order valence-electron chi connectivity index (χ3n) is 5.43. The maximum atomic E-state index is 12.9. The first-order valence-corrected chi connectivity index (χ1v) is 10.4. The number of carbonyl (C=O) groups excluding carboxylic acids is 1. The first kappa shape index (κ1) is 20.4. The van der Waals surface area contributed by atoms with Crippen LogP contribution in [0.5, 0.6) is 0 Å². The van der Waals surface area contributed by atoms with Gasteiger partial charge in [0.2, 0.25) is 0 Å². The maximum Gasteiger partial charge on any atom is 0.272 e. The van der Waals surface area contributed by atoms with Crippen LogP contribution in [0.15, 0.2) is 84.2 Å². The number of nitrogens with zero attached hydrogens (tertiary/aromatic N) is 3. The lowest BCUT2D eigenvalue weighted by atomic mass is 9.96. The molecule has 1 amide bonds. The van der Waals surface area contributed by atoms with Crippen molar-refractivity contribution in [3.63, 3.8) is 0 Å². The monoisotopic (exact) mass is 408 g/mol. The quantitative estimate of drug-likeness (QED) is 0.335. The van der Waals surface area contributed by atoms with Crippen molar-refractivity contribution < 1.29 is 4.79 Å². The van der Waals surface area contributed by atoms with Gasteiger partial charge in [-0.05, 0) is 47.7 Å². The number of hydrogen-bond donors (Lipinski definition) is 1. The van der Waals surface area contributed by atoms with Crippen LogP contribution in [0.25, 0.3) is 22.2 Å². The Morgan fingerprint density at radius 1 is 1.06 bits per heavy atom. The lowest BCUT2D eigenvalue weighted by Gasteiger charge is -2.11. The van der Waals surface area contributed by atoms with E-state index < -0.39 is 0 Å². The molecule has 31 heavy (non-hydrogen) atoms. The Balaban J connectivity index is 1.66. The first-order valence-electron chi connectivity index (χ1n) is 10.4. The molecule has 2 aromatic heterocycles. The summed E-state index contributed by atoms with van der Waals surface area (Å²) < 4.78 is 0. The van der Waals surface area contributed by atoms with E-state index in [2.05, 4.69) is 53.6 Å². The fourth-order valence-corrected chi connectivity index (χ4v) is 3.40. The molecule has 1 N–H and O–H groups in total. The molecule has 0 radical (unpaired) electrons. The molecular formula is C26H24N4O. The number of nitrogens with one attached hydrogen (secondary N) is 1. The molecule has 5 heteroatoms. The zero-order chi connectivity index (χ0) is 21.6. The summed E-state index contributed by atoms with van der Waals surface area (Å²) in [6.45, 7) is 4.41. The Bertz CT molecular complexity index is 1220. The zero-order valence-electron chi connectivity index (χ0n) is 17.6. The summed E-state index contributed by atoms with van der Waals surface area (Å²) in [7, 11) is 0. The van der Waals surface area contributed by atoms with Crippen LogP contribution in [-0.2, 0) is 0 Å². The normalized spacial score (nSPS) is 12.2. The van der Waals surface area contributed by atoms with Gasteiger partial charge in [-0.15, -0.1) is 0 Å². The summed E-state index contributed by atoms with van der Waals surface area (Å²) in [5, 5.41) is 4.89. The van der Waals surface area contributed by atoms with Gasteiger partial charge in [-0.3, -0.25) is 9.78 Å². The van der Waals surface area contributed by atoms with Crippen molar-refractivity contribution in [2.75, 3.05) is 0 Å². The van der Waals surface area contributed by atoms with Crippen LogP contribution in [0.2, 0.25) is 0 Å². The smallest absolute Gasteiger partial charge is 0.267 e. The summed E-state index contributed by atoms with van der Waals surface area (Å²) in [4.78, 5) is 21.7. The molecule has 2 aromatic carbocycles. The highest BCUT2D eigenvalue weighted by atomic mass is 16.2. The molecule has 5 nitrogen and oxygen atoms in total. The third kappa shape index (κ3) is 4.67. The number of aromatic nitrogens is 2. The molecular weight excluding hydrogens is 384 g/mol. The first-order chi connectivity index (χ1) is 15.2. The maximum absolute atomic E-state index is 12.9. The molecule has 4 aromatic rings. The number of rotatable bonds is 6. The van der Waals surface area contributed by atoms with E-state index in [-0.39, 0.29) is 5.91 Å². The number of pyridine rings is 2. The summed E-state index contributed by atoms with van der Waals surface area (Å²) in [5.41, 5.74) is 7.85. The second-order valence-electron chi connectivity index (χ2n) is 7.48. The molecule has 0 aliphatic carbocycles. The Kier molecular flexibility index (Phi) is 6.13. The van der Waals surface area contributed by atoms with E-state index in [0.29, 0.717) is 11.5 Å². The highest BCUT2D eigenvalue weighted by molar-refractivity contribution is 6.07. The van der Waals surface area contributed by atoms with Crippen LogP contribution >= 0.6 is 0 Å². The van der Waals surface area contributed by atoms with Crippen LogP contribution in [0.3, 0.4) is 0 Å². The van der Waals surface area contributed by atoms with Gasteiger partial charge >= 0.3 is 0 Å². The fraction of sp³-hybridized carbons (Fsp3) is 0.154. The molecule has 0 unspecified atom stereocenters. The Labute approximate surface area is 181 Å². The van der Waals surface area contributed by atoms with E-state index >= 15 is 0 Å². The van der Waals surface area contributed by atoms with Gasteiger partial charge in [0.15, 0.2) is 0 Å². The minimum Gasteiger partial charge on any atom is -0.267 e. The van der Waals surface area contributed by atoms with Crippen molar-refractivity contribution in [2.24, 2.45) is 5.10 Å². The van der Waals surface area contributed by atoms with Crippen molar-refractivity contribution in [1.82, 2.24) is 15.4 Å². The number of hydrazone groups is 1. The molecule has 2 heterocycles. The molecule has 0 fully saturated rings. The van der Waals surface area contributed by atoms with E-state index in [1.165, 1.54) is 5.56 Å². The Hall–Kier alpha value is -3.86. The van der Waals surface area contributed by atoms with Gasteiger partial charge in [-0.25, -0.2) is 10.4 Å². The van der Waals surface area contributed by atoms with Crippen LogP contribution in [0, 0.1) is 0 Å². The van der Waals surface area contributed by atoms with E-state index in [4.69, 9.17) is 4.98 Å². The van der Waals surface area contributed by atoms with Crippen LogP contribution in [0.4, 0.5) is 0 Å². The minimum atomic E-state index is -0.276. The molecule has 0 aliphatic rings. The minimum absolute atomic E-state index is 0.276. The van der Waals surface area contributed by atoms with E-state index in [9.17, 15) is 4.79 Å². The SMILES string of the molecule is CC[C@@H](C)c1ccc(-c2cc(C(=O)NN=Cc3ccncc3)c3ccccc3n2)cc1. The topological polar surface area (TPSA) is 67.2 Å². The van der Waals surface area contributed by atoms with Crippen molar-refractivity contribution in [3.05, 3.63) is 95.8 Å². The van der Waals surface area contributed by atoms with Gasteiger partial charge < -0.3 is 0 Å². The predicted molar refractivity (Wildman–Crippen MR) is 125 cm³/mol. The second kappa shape index (κ2) is 9.30. The molecule has 1 atom stereocenters. The van der Waals surface area contributed by atoms with Crippen LogP contribution in [-0.4, -0.2) is 22.1 Å². The number of fused-ring (bicyclic) bond motifs is 1. The highest BCUT2D eigenvalue weighted by Gasteiger charge is 2.14. The van der Waals surface area contributed by atoms with Crippen molar-refractivity contribution >= 4 is 23.0 Å². The number of benzene rings is 2. The molecule has 154 valence electrons. The largest absolute Gasteiger partial charge is 0.272 e. The lowest BCUT2D eigenvalue weighted by molar-refractivity contribution is 0.0956. The van der Waals surface area contributed by atoms with Gasteiger partial charge in [0.05, 0.1) is 23.0 Å². The average Bonchev–Trinajstić information content (AvgIpc) is 2.83. The third-order valence-corrected chi connectivity index (χ3v) is 5.43. The summed E-state index contributed by atoms with van der Waals surface area (Å²) in [5.74, 6) is 0.236. The van der Waals surface area contributed by atoms with Crippen molar-refractivity contribution in [1.29, 1.82) is 0 Å². The highest BCUT2D eigenvalue weighted by Crippen LogP contribution is 2.27. The van der Waals surface area contributed by atoms with Gasteiger partial charge in [0.1, 0.15) is 0 Å². The Morgan fingerprint density at radius 3 is 2.55 bits per heavy atom. The van der Waals surface area contributed by atoms with E-state index in [1.807, 2.05) is 42.5 Å². The van der Waals surface area contributed by atoms with Crippen molar-refractivity contribution in [3.8, 4) is 11.3 Å². The average molecular weight is 409 g/mol. The van der Waals surface area contributed by atoms with Crippen molar-refractivity contribution in [2.45, 2.75) is 26.2 Å². The van der Waals surface area contributed by atoms with Gasteiger partial charge in [0.25, 0.3) is 5.91 Å². The number of para-hydroxylation sites is 1. The van der Waals surface area contributed by atoms with E-state index in [0.717, 1.165) is 34.1 Å². The van der Waals surface area contributed by atoms with Gasteiger partial charge in [0, 0.05) is 23.3 Å². The predicted octanol–water partition coefficient (Wildman–Crippen LogP) is 5.57. The second-order valence-corrected chi connectivity index (χ2v) is 7.48. The summed E-state index contributed by atoms with van der Waals surface area (Å²) >= 11 is 0. The van der Waals surface area contributed by atoms with Crippen LogP contribution < -0.4 is 5.43 Å². The Morgan fingerprint density at radius 2 is 1.81 bits per heavy atom.